The zero-order valence-electron chi connectivity index (χ0n) is 12.3. The molecule has 0 unspecified atom stereocenters. The van der Waals surface area contributed by atoms with Crippen molar-refractivity contribution in [3.8, 4) is 0 Å². The van der Waals surface area contributed by atoms with Crippen LogP contribution in [0.15, 0.2) is 58.3 Å². The largest absolute Gasteiger partial charge is 0.388 e. The fourth-order valence-electron chi connectivity index (χ4n) is 2.12. The highest BCUT2D eigenvalue weighted by Gasteiger charge is 2.11. The molecule has 0 saturated carbocycles. The van der Waals surface area contributed by atoms with Crippen LogP contribution in [0.1, 0.15) is 50.3 Å². The van der Waals surface area contributed by atoms with Crippen molar-refractivity contribution in [3.05, 3.63) is 59.7 Å². The fraction of sp³-hybridized carbons (Fsp3) is 0.333. The van der Waals surface area contributed by atoms with Crippen LogP contribution in [0.4, 0.5) is 0 Å². The molecule has 2 heteroatoms. The Labute approximate surface area is 126 Å². The van der Waals surface area contributed by atoms with Gasteiger partial charge in [-0.25, -0.2) is 0 Å². The molecule has 0 amide bonds. The second kappa shape index (κ2) is 6.96. The first-order chi connectivity index (χ1) is 9.61. The van der Waals surface area contributed by atoms with E-state index in [1.54, 1.807) is 11.8 Å². The summed E-state index contributed by atoms with van der Waals surface area (Å²) in [6.45, 7) is 6.41. The topological polar surface area (TPSA) is 20.2 Å². The van der Waals surface area contributed by atoms with E-state index in [9.17, 15) is 5.11 Å². The average molecular weight is 286 g/mol. The molecule has 0 aromatic heterocycles. The molecule has 0 bridgehead atoms. The summed E-state index contributed by atoms with van der Waals surface area (Å²) in [7, 11) is 0. The van der Waals surface area contributed by atoms with Gasteiger partial charge in [0.05, 0.1) is 6.10 Å². The molecule has 106 valence electrons. The smallest absolute Gasteiger partial charge is 0.0798 e. The van der Waals surface area contributed by atoms with Crippen LogP contribution in [-0.4, -0.2) is 5.11 Å². The van der Waals surface area contributed by atoms with Gasteiger partial charge in [-0.3, -0.25) is 0 Å². The van der Waals surface area contributed by atoms with Gasteiger partial charge in [0.1, 0.15) is 0 Å². The normalized spacial score (nSPS) is 12.7. The van der Waals surface area contributed by atoms with Crippen LogP contribution in [0.25, 0.3) is 0 Å². The van der Waals surface area contributed by atoms with E-state index < -0.39 is 0 Å². The van der Waals surface area contributed by atoms with E-state index in [4.69, 9.17) is 0 Å². The fourth-order valence-corrected chi connectivity index (χ4v) is 3.11. The second-order valence-corrected chi connectivity index (χ2v) is 6.40. The third-order valence-electron chi connectivity index (χ3n) is 3.44. The van der Waals surface area contributed by atoms with Crippen LogP contribution in [0.5, 0.6) is 0 Å². The lowest BCUT2D eigenvalue weighted by molar-refractivity contribution is 0.171. The first-order valence-electron chi connectivity index (χ1n) is 7.16. The van der Waals surface area contributed by atoms with Crippen molar-refractivity contribution in [2.45, 2.75) is 49.0 Å². The summed E-state index contributed by atoms with van der Waals surface area (Å²) in [5.74, 6) is 0.559. The van der Waals surface area contributed by atoms with Crippen LogP contribution in [0.3, 0.4) is 0 Å². The lowest BCUT2D eigenvalue weighted by atomic mass is 10.0. The number of benzene rings is 2. The van der Waals surface area contributed by atoms with Crippen molar-refractivity contribution in [1.29, 1.82) is 0 Å². The first-order valence-corrected chi connectivity index (χ1v) is 7.98. The highest BCUT2D eigenvalue weighted by molar-refractivity contribution is 7.99. The van der Waals surface area contributed by atoms with Gasteiger partial charge in [-0.1, -0.05) is 62.9 Å². The number of aliphatic hydroxyl groups is 1. The Morgan fingerprint density at radius 1 is 1.00 bits per heavy atom. The number of rotatable bonds is 5. The molecular weight excluding hydrogens is 264 g/mol. The SMILES string of the molecule is CC[C@@H](O)c1ccccc1Sc1ccc(C(C)C)cc1. The Morgan fingerprint density at radius 3 is 2.25 bits per heavy atom. The Bertz CT molecular complexity index is 546. The van der Waals surface area contributed by atoms with E-state index >= 15 is 0 Å². The lowest BCUT2D eigenvalue weighted by Crippen LogP contribution is -1.97. The summed E-state index contributed by atoms with van der Waals surface area (Å²) >= 11 is 1.72. The highest BCUT2D eigenvalue weighted by Crippen LogP contribution is 2.34. The molecule has 2 aromatic carbocycles. The molecule has 1 atom stereocenters. The van der Waals surface area contributed by atoms with Gasteiger partial charge in [-0.2, -0.15) is 0 Å². The van der Waals surface area contributed by atoms with Crippen molar-refractivity contribution in [2.24, 2.45) is 0 Å². The van der Waals surface area contributed by atoms with Crippen LogP contribution < -0.4 is 0 Å². The monoisotopic (exact) mass is 286 g/mol. The average Bonchev–Trinajstić information content (AvgIpc) is 2.47. The molecule has 0 spiro atoms. The molecule has 0 heterocycles. The molecule has 0 fully saturated rings. The van der Waals surface area contributed by atoms with Gasteiger partial charge >= 0.3 is 0 Å². The second-order valence-electron chi connectivity index (χ2n) is 5.29. The van der Waals surface area contributed by atoms with Gasteiger partial charge in [0, 0.05) is 9.79 Å². The van der Waals surface area contributed by atoms with Gasteiger partial charge in [-0.15, -0.1) is 0 Å². The third kappa shape index (κ3) is 3.65. The molecule has 0 aliphatic heterocycles. The van der Waals surface area contributed by atoms with Gasteiger partial charge in [-0.05, 0) is 41.7 Å². The van der Waals surface area contributed by atoms with Crippen molar-refractivity contribution in [3.63, 3.8) is 0 Å². The summed E-state index contributed by atoms with van der Waals surface area (Å²) in [6.07, 6.45) is 0.359. The minimum absolute atomic E-state index is 0.381. The molecular formula is C18H22OS. The molecule has 1 nitrogen and oxygen atoms in total. The van der Waals surface area contributed by atoms with E-state index in [2.05, 4.69) is 44.2 Å². The summed E-state index contributed by atoms with van der Waals surface area (Å²) in [4.78, 5) is 2.35. The van der Waals surface area contributed by atoms with Crippen molar-refractivity contribution >= 4 is 11.8 Å². The van der Waals surface area contributed by atoms with Crippen molar-refractivity contribution < 1.29 is 5.11 Å². The molecule has 20 heavy (non-hydrogen) atoms. The van der Waals surface area contributed by atoms with Crippen LogP contribution >= 0.6 is 11.8 Å². The standard InChI is InChI=1S/C18H22OS/c1-4-17(19)16-7-5-6-8-18(16)20-15-11-9-14(10-12-15)13(2)3/h5-13,17,19H,4H2,1-3H3/t17-/m1/s1. The number of hydrogen-bond acceptors (Lipinski definition) is 2. The quantitative estimate of drug-likeness (QED) is 0.793. The summed E-state index contributed by atoms with van der Waals surface area (Å²) in [6, 6.07) is 16.8. The van der Waals surface area contributed by atoms with Gasteiger partial charge in [0.25, 0.3) is 0 Å². The zero-order chi connectivity index (χ0) is 14.5. The van der Waals surface area contributed by atoms with Gasteiger partial charge in [0.2, 0.25) is 0 Å². The Hall–Kier alpha value is -1.25. The maximum atomic E-state index is 10.1. The van der Waals surface area contributed by atoms with Crippen molar-refractivity contribution in [2.75, 3.05) is 0 Å². The van der Waals surface area contributed by atoms with Gasteiger partial charge < -0.3 is 5.11 Å². The summed E-state index contributed by atoms with van der Waals surface area (Å²) < 4.78 is 0. The predicted octanol–water partition coefficient (Wildman–Crippen LogP) is 5.40. The zero-order valence-corrected chi connectivity index (χ0v) is 13.2. The lowest BCUT2D eigenvalue weighted by Gasteiger charge is -2.14. The Morgan fingerprint density at radius 2 is 1.65 bits per heavy atom. The molecule has 0 saturated heterocycles. The molecule has 2 rings (SSSR count). The Balaban J connectivity index is 2.21. The molecule has 2 aromatic rings. The molecule has 0 aliphatic carbocycles. The summed E-state index contributed by atoms with van der Waals surface area (Å²) in [5.41, 5.74) is 2.38. The summed E-state index contributed by atoms with van der Waals surface area (Å²) in [5, 5.41) is 10.1. The minimum Gasteiger partial charge on any atom is -0.388 e. The predicted molar refractivity (Wildman–Crippen MR) is 86.3 cm³/mol. The third-order valence-corrected chi connectivity index (χ3v) is 4.54. The Kier molecular flexibility index (Phi) is 5.27. The van der Waals surface area contributed by atoms with Crippen LogP contribution in [0.2, 0.25) is 0 Å². The maximum absolute atomic E-state index is 10.1. The first kappa shape index (κ1) is 15.1. The maximum Gasteiger partial charge on any atom is 0.0798 e. The number of hydrogen-bond donors (Lipinski definition) is 1. The van der Waals surface area contributed by atoms with E-state index in [1.165, 1.54) is 10.5 Å². The molecule has 0 aliphatic rings. The van der Waals surface area contributed by atoms with Crippen LogP contribution in [0, 0.1) is 0 Å². The minimum atomic E-state index is -0.381. The van der Waals surface area contributed by atoms with E-state index in [1.807, 2.05) is 25.1 Å². The van der Waals surface area contributed by atoms with E-state index in [-0.39, 0.29) is 6.10 Å². The number of aliphatic hydroxyl groups excluding tert-OH is 1. The molecule has 0 radical (unpaired) electrons. The van der Waals surface area contributed by atoms with E-state index in [0.717, 1.165) is 16.9 Å². The van der Waals surface area contributed by atoms with Crippen molar-refractivity contribution in [1.82, 2.24) is 0 Å². The molecule has 1 N–H and O–H groups in total. The van der Waals surface area contributed by atoms with E-state index in [0.29, 0.717) is 5.92 Å². The van der Waals surface area contributed by atoms with Crippen LogP contribution in [-0.2, 0) is 0 Å². The highest BCUT2D eigenvalue weighted by atomic mass is 32.2. The van der Waals surface area contributed by atoms with Gasteiger partial charge in [0.15, 0.2) is 0 Å².